The Kier molecular flexibility index (Phi) is 4.17. The van der Waals surface area contributed by atoms with Gasteiger partial charge in [0.25, 0.3) is 5.69 Å². The number of hydrogen-bond acceptors (Lipinski definition) is 5. The van der Waals surface area contributed by atoms with Crippen molar-refractivity contribution in [3.63, 3.8) is 0 Å². The van der Waals surface area contributed by atoms with E-state index in [1.54, 1.807) is 6.07 Å². The van der Waals surface area contributed by atoms with Crippen LogP contribution in [0.15, 0.2) is 42.5 Å². The van der Waals surface area contributed by atoms with Crippen molar-refractivity contribution in [3.8, 4) is 0 Å². The number of nitro groups is 1. The SMILES string of the molecule is Nc1cc([N+](=O)[O-])ccc1Nc1ccc(CCO)cc1. The molecule has 2 rings (SSSR count). The third-order valence-electron chi connectivity index (χ3n) is 2.88. The van der Waals surface area contributed by atoms with Crippen LogP contribution in [0.4, 0.5) is 22.7 Å². The Morgan fingerprint density at radius 1 is 1.20 bits per heavy atom. The lowest BCUT2D eigenvalue weighted by Gasteiger charge is -2.09. The van der Waals surface area contributed by atoms with Crippen LogP contribution >= 0.6 is 0 Å². The summed E-state index contributed by atoms with van der Waals surface area (Å²) in [7, 11) is 0. The number of nitrogens with two attached hydrogens (primary N) is 1. The van der Waals surface area contributed by atoms with Crippen molar-refractivity contribution in [2.45, 2.75) is 6.42 Å². The minimum atomic E-state index is -0.482. The van der Waals surface area contributed by atoms with Gasteiger partial charge in [0.05, 0.1) is 16.3 Å². The molecule has 0 bridgehead atoms. The Hall–Kier alpha value is -2.60. The van der Waals surface area contributed by atoms with Gasteiger partial charge in [-0.05, 0) is 30.2 Å². The first-order valence-electron chi connectivity index (χ1n) is 6.11. The number of aliphatic hydroxyl groups is 1. The molecule has 6 heteroatoms. The van der Waals surface area contributed by atoms with Crippen molar-refractivity contribution in [1.29, 1.82) is 0 Å². The zero-order valence-corrected chi connectivity index (χ0v) is 10.7. The zero-order chi connectivity index (χ0) is 14.5. The van der Waals surface area contributed by atoms with E-state index in [1.807, 2.05) is 24.3 Å². The van der Waals surface area contributed by atoms with Crippen LogP contribution in [0.5, 0.6) is 0 Å². The monoisotopic (exact) mass is 273 g/mol. The van der Waals surface area contributed by atoms with Gasteiger partial charge in [-0.25, -0.2) is 0 Å². The van der Waals surface area contributed by atoms with Crippen molar-refractivity contribution < 1.29 is 10.0 Å². The summed E-state index contributed by atoms with van der Waals surface area (Å²) in [6, 6.07) is 11.8. The number of nitro benzene ring substituents is 1. The molecule has 0 saturated carbocycles. The smallest absolute Gasteiger partial charge is 0.271 e. The standard InChI is InChI=1S/C14H15N3O3/c15-13-9-12(17(19)20)5-6-14(13)16-11-3-1-10(2-4-11)7-8-18/h1-6,9,16,18H,7-8,15H2. The molecule has 0 aliphatic heterocycles. The highest BCUT2D eigenvalue weighted by atomic mass is 16.6. The van der Waals surface area contributed by atoms with E-state index in [2.05, 4.69) is 5.32 Å². The van der Waals surface area contributed by atoms with E-state index in [4.69, 9.17) is 10.8 Å². The van der Waals surface area contributed by atoms with E-state index in [9.17, 15) is 10.1 Å². The topological polar surface area (TPSA) is 101 Å². The molecule has 20 heavy (non-hydrogen) atoms. The Bertz CT molecular complexity index is 612. The van der Waals surface area contributed by atoms with Gasteiger partial charge in [0.2, 0.25) is 0 Å². The molecule has 104 valence electrons. The van der Waals surface area contributed by atoms with Gasteiger partial charge in [0.1, 0.15) is 0 Å². The minimum absolute atomic E-state index is 0.0358. The summed E-state index contributed by atoms with van der Waals surface area (Å²) in [4.78, 5) is 10.1. The third kappa shape index (κ3) is 3.24. The summed E-state index contributed by atoms with van der Waals surface area (Å²) in [6.45, 7) is 0.113. The van der Waals surface area contributed by atoms with E-state index >= 15 is 0 Å². The van der Waals surface area contributed by atoms with E-state index in [0.29, 0.717) is 17.8 Å². The number of non-ortho nitro benzene ring substituents is 1. The molecule has 6 nitrogen and oxygen atoms in total. The second kappa shape index (κ2) is 6.03. The fraction of sp³-hybridized carbons (Fsp3) is 0.143. The number of benzene rings is 2. The van der Waals surface area contributed by atoms with Gasteiger partial charge < -0.3 is 16.2 Å². The quantitative estimate of drug-likeness (QED) is 0.441. The number of nitrogen functional groups attached to an aromatic ring is 1. The first kappa shape index (κ1) is 13.8. The Morgan fingerprint density at radius 2 is 1.90 bits per heavy atom. The molecule has 2 aromatic carbocycles. The van der Waals surface area contributed by atoms with Crippen LogP contribution in [0, 0.1) is 10.1 Å². The number of anilines is 3. The zero-order valence-electron chi connectivity index (χ0n) is 10.7. The van der Waals surface area contributed by atoms with Gasteiger partial charge in [0, 0.05) is 24.4 Å². The van der Waals surface area contributed by atoms with Crippen LogP contribution in [0.25, 0.3) is 0 Å². The molecule has 0 heterocycles. The second-order valence-electron chi connectivity index (χ2n) is 4.32. The van der Waals surface area contributed by atoms with Gasteiger partial charge >= 0.3 is 0 Å². The highest BCUT2D eigenvalue weighted by Crippen LogP contribution is 2.27. The van der Waals surface area contributed by atoms with Crippen LogP contribution in [-0.2, 0) is 6.42 Å². The molecule has 0 aliphatic carbocycles. The number of aliphatic hydroxyl groups excluding tert-OH is 1. The largest absolute Gasteiger partial charge is 0.397 e. The lowest BCUT2D eigenvalue weighted by atomic mass is 10.1. The van der Waals surface area contributed by atoms with E-state index < -0.39 is 4.92 Å². The molecular weight excluding hydrogens is 258 g/mol. The first-order chi connectivity index (χ1) is 9.60. The molecule has 0 atom stereocenters. The lowest BCUT2D eigenvalue weighted by Crippen LogP contribution is -1.98. The lowest BCUT2D eigenvalue weighted by molar-refractivity contribution is -0.384. The van der Waals surface area contributed by atoms with Gasteiger partial charge in [0.15, 0.2) is 0 Å². The highest BCUT2D eigenvalue weighted by molar-refractivity contribution is 5.74. The fourth-order valence-corrected chi connectivity index (χ4v) is 1.82. The maximum Gasteiger partial charge on any atom is 0.271 e. The van der Waals surface area contributed by atoms with Crippen LogP contribution in [0.2, 0.25) is 0 Å². The summed E-state index contributed by atoms with van der Waals surface area (Å²) in [5.41, 5.74) is 8.55. The van der Waals surface area contributed by atoms with Crippen molar-refractivity contribution in [1.82, 2.24) is 0 Å². The van der Waals surface area contributed by atoms with E-state index in [0.717, 1.165) is 11.3 Å². The number of rotatable bonds is 5. The summed E-state index contributed by atoms with van der Waals surface area (Å²) < 4.78 is 0. The van der Waals surface area contributed by atoms with Gasteiger partial charge in [-0.1, -0.05) is 12.1 Å². The molecule has 0 aliphatic rings. The summed E-state index contributed by atoms with van der Waals surface area (Å²) in [5, 5.41) is 22.6. The molecule has 0 saturated heterocycles. The van der Waals surface area contributed by atoms with Crippen LogP contribution < -0.4 is 11.1 Å². The molecule has 4 N–H and O–H groups in total. The van der Waals surface area contributed by atoms with Gasteiger partial charge in [-0.15, -0.1) is 0 Å². The summed E-state index contributed by atoms with van der Waals surface area (Å²) in [6.07, 6.45) is 0.611. The summed E-state index contributed by atoms with van der Waals surface area (Å²) >= 11 is 0. The highest BCUT2D eigenvalue weighted by Gasteiger charge is 2.08. The van der Waals surface area contributed by atoms with Crippen molar-refractivity contribution in [2.24, 2.45) is 0 Å². The third-order valence-corrected chi connectivity index (χ3v) is 2.88. The minimum Gasteiger partial charge on any atom is -0.397 e. The molecule has 0 fully saturated rings. The maximum atomic E-state index is 10.6. The van der Waals surface area contributed by atoms with Gasteiger partial charge in [-0.3, -0.25) is 10.1 Å². The van der Waals surface area contributed by atoms with Crippen LogP contribution in [-0.4, -0.2) is 16.6 Å². The van der Waals surface area contributed by atoms with Crippen molar-refractivity contribution >= 4 is 22.7 Å². The Balaban J connectivity index is 2.15. The fourth-order valence-electron chi connectivity index (χ4n) is 1.82. The average Bonchev–Trinajstić information content (AvgIpc) is 2.43. The van der Waals surface area contributed by atoms with Crippen molar-refractivity contribution in [2.75, 3.05) is 17.7 Å². The average molecular weight is 273 g/mol. The molecule has 0 unspecified atom stereocenters. The predicted octanol–water partition coefficient (Wildman–Crippen LogP) is 2.46. The Labute approximate surface area is 116 Å². The predicted molar refractivity (Wildman–Crippen MR) is 78.0 cm³/mol. The molecule has 0 radical (unpaired) electrons. The van der Waals surface area contributed by atoms with Crippen molar-refractivity contribution in [3.05, 3.63) is 58.1 Å². The number of hydrogen-bond donors (Lipinski definition) is 3. The molecule has 0 amide bonds. The molecule has 2 aromatic rings. The molecule has 0 aromatic heterocycles. The van der Waals surface area contributed by atoms with Gasteiger partial charge in [-0.2, -0.15) is 0 Å². The molecule has 0 spiro atoms. The van der Waals surface area contributed by atoms with Crippen LogP contribution in [0.1, 0.15) is 5.56 Å². The second-order valence-corrected chi connectivity index (χ2v) is 4.32. The number of nitrogens with zero attached hydrogens (tertiary/aromatic N) is 1. The molecular formula is C14H15N3O3. The van der Waals surface area contributed by atoms with E-state index in [1.165, 1.54) is 12.1 Å². The van der Waals surface area contributed by atoms with E-state index in [-0.39, 0.29) is 12.3 Å². The summed E-state index contributed by atoms with van der Waals surface area (Å²) in [5.74, 6) is 0. The van der Waals surface area contributed by atoms with Crippen LogP contribution in [0.3, 0.4) is 0 Å². The maximum absolute atomic E-state index is 10.6. The number of nitrogens with one attached hydrogen (secondary N) is 1. The first-order valence-corrected chi connectivity index (χ1v) is 6.11. The Morgan fingerprint density at radius 3 is 2.45 bits per heavy atom. The normalized spacial score (nSPS) is 10.2.